The summed E-state index contributed by atoms with van der Waals surface area (Å²) in [6, 6.07) is 6.02. The van der Waals surface area contributed by atoms with E-state index in [9.17, 15) is 4.79 Å². The van der Waals surface area contributed by atoms with Gasteiger partial charge in [0.15, 0.2) is 0 Å². The van der Waals surface area contributed by atoms with Gasteiger partial charge in [-0.3, -0.25) is 4.79 Å². The summed E-state index contributed by atoms with van der Waals surface area (Å²) in [4.78, 5) is 20.8. The van der Waals surface area contributed by atoms with Gasteiger partial charge in [-0.2, -0.15) is 0 Å². The molecule has 1 amide bonds. The van der Waals surface area contributed by atoms with Crippen LogP contribution in [0.1, 0.15) is 37.2 Å². The number of piperidine rings is 1. The van der Waals surface area contributed by atoms with E-state index < -0.39 is 0 Å². The molecule has 2 heterocycles. The molecule has 20 heavy (non-hydrogen) atoms. The number of carbonyl (C=O) groups excluding carboxylic acids is 1. The predicted molar refractivity (Wildman–Crippen MR) is 81.1 cm³/mol. The van der Waals surface area contributed by atoms with Crippen LogP contribution >= 0.6 is 11.6 Å². The van der Waals surface area contributed by atoms with Gasteiger partial charge < -0.3 is 9.80 Å². The van der Waals surface area contributed by atoms with E-state index in [2.05, 4.69) is 23.7 Å². The zero-order chi connectivity index (χ0) is 14.7. The Labute approximate surface area is 125 Å². The van der Waals surface area contributed by atoms with Crippen molar-refractivity contribution in [2.75, 3.05) is 20.1 Å². The molecule has 0 aliphatic carbocycles. The number of nitrogens with zero attached hydrogens (tertiary/aromatic N) is 3. The van der Waals surface area contributed by atoms with Crippen molar-refractivity contribution in [2.45, 2.75) is 38.8 Å². The molecule has 1 aliphatic heterocycles. The number of halogens is 1. The maximum atomic E-state index is 12.4. The van der Waals surface area contributed by atoms with Crippen molar-refractivity contribution in [1.29, 1.82) is 0 Å². The van der Waals surface area contributed by atoms with Gasteiger partial charge in [-0.25, -0.2) is 4.98 Å². The summed E-state index contributed by atoms with van der Waals surface area (Å²) < 4.78 is 0. The van der Waals surface area contributed by atoms with E-state index in [1.165, 1.54) is 0 Å². The summed E-state index contributed by atoms with van der Waals surface area (Å²) in [7, 11) is 1.86. The van der Waals surface area contributed by atoms with Gasteiger partial charge in [0, 0.05) is 32.2 Å². The molecule has 1 fully saturated rings. The van der Waals surface area contributed by atoms with Crippen LogP contribution < -0.4 is 0 Å². The number of amides is 1. The van der Waals surface area contributed by atoms with Crippen molar-refractivity contribution in [3.05, 3.63) is 29.0 Å². The first-order chi connectivity index (χ1) is 9.49. The van der Waals surface area contributed by atoms with Crippen LogP contribution in [0.25, 0.3) is 0 Å². The number of hydrogen-bond acceptors (Lipinski definition) is 3. The molecular weight excluding hydrogens is 274 g/mol. The van der Waals surface area contributed by atoms with Crippen LogP contribution in [0.15, 0.2) is 18.2 Å². The number of likely N-dealkylation sites (tertiary alicyclic amines) is 1. The largest absolute Gasteiger partial charge is 0.337 e. The monoisotopic (exact) mass is 295 g/mol. The molecule has 0 aromatic carbocycles. The summed E-state index contributed by atoms with van der Waals surface area (Å²) in [6.45, 7) is 6.52. The van der Waals surface area contributed by atoms with Gasteiger partial charge in [-0.15, -0.1) is 0 Å². The van der Waals surface area contributed by atoms with Gasteiger partial charge in [0.25, 0.3) is 5.91 Å². The Morgan fingerprint density at radius 3 is 2.60 bits per heavy atom. The third-order valence-corrected chi connectivity index (χ3v) is 4.24. The van der Waals surface area contributed by atoms with E-state index >= 15 is 0 Å². The Morgan fingerprint density at radius 1 is 1.40 bits per heavy atom. The van der Waals surface area contributed by atoms with E-state index in [1.807, 2.05) is 11.9 Å². The highest BCUT2D eigenvalue weighted by atomic mass is 35.5. The van der Waals surface area contributed by atoms with Crippen LogP contribution in [0.2, 0.25) is 5.15 Å². The summed E-state index contributed by atoms with van der Waals surface area (Å²) in [5.41, 5.74) is 0.422. The van der Waals surface area contributed by atoms with Crippen molar-refractivity contribution in [3.8, 4) is 0 Å². The Hall–Kier alpha value is -1.13. The van der Waals surface area contributed by atoms with Crippen LogP contribution in [0.5, 0.6) is 0 Å². The number of carbonyl (C=O) groups is 1. The van der Waals surface area contributed by atoms with Gasteiger partial charge in [0.1, 0.15) is 10.8 Å². The SMILES string of the molecule is CC(C)N1CCC(N(C)C(=O)c2cccc(Cl)n2)CC1. The second kappa shape index (κ2) is 6.55. The number of aromatic nitrogens is 1. The predicted octanol–water partition coefficient (Wildman–Crippen LogP) is 2.68. The molecule has 1 aromatic rings. The molecule has 0 atom stereocenters. The van der Waals surface area contributed by atoms with Crippen LogP contribution in [-0.2, 0) is 0 Å². The average Bonchev–Trinajstić information content (AvgIpc) is 2.46. The lowest BCUT2D eigenvalue weighted by Crippen LogP contribution is -2.47. The second-order valence-electron chi connectivity index (χ2n) is 5.62. The molecular formula is C15H22ClN3O. The molecule has 0 bridgehead atoms. The molecule has 0 spiro atoms. The van der Waals surface area contributed by atoms with E-state index in [1.54, 1.807) is 18.2 Å². The molecule has 1 saturated heterocycles. The minimum absolute atomic E-state index is 0.0458. The Bertz CT molecular complexity index is 470. The van der Waals surface area contributed by atoms with Crippen molar-refractivity contribution in [3.63, 3.8) is 0 Å². The number of rotatable bonds is 3. The molecule has 0 N–H and O–H groups in total. The van der Waals surface area contributed by atoms with Gasteiger partial charge in [-0.05, 0) is 38.8 Å². The average molecular weight is 296 g/mol. The van der Waals surface area contributed by atoms with E-state index in [-0.39, 0.29) is 5.91 Å². The lowest BCUT2D eigenvalue weighted by atomic mass is 10.0. The van der Waals surface area contributed by atoms with Crippen molar-refractivity contribution in [2.24, 2.45) is 0 Å². The van der Waals surface area contributed by atoms with E-state index in [0.717, 1.165) is 25.9 Å². The maximum Gasteiger partial charge on any atom is 0.272 e. The van der Waals surface area contributed by atoms with Gasteiger partial charge in [-0.1, -0.05) is 17.7 Å². The molecule has 4 nitrogen and oxygen atoms in total. The molecule has 5 heteroatoms. The Balaban J connectivity index is 1.98. The number of pyridine rings is 1. The first-order valence-electron chi connectivity index (χ1n) is 7.13. The van der Waals surface area contributed by atoms with Crippen molar-refractivity contribution >= 4 is 17.5 Å². The quantitative estimate of drug-likeness (QED) is 0.805. The highest BCUT2D eigenvalue weighted by molar-refractivity contribution is 6.29. The molecule has 1 aromatic heterocycles. The summed E-state index contributed by atoms with van der Waals surface area (Å²) >= 11 is 5.84. The van der Waals surface area contributed by atoms with Gasteiger partial charge in [0.05, 0.1) is 0 Å². The molecule has 2 rings (SSSR count). The fraction of sp³-hybridized carbons (Fsp3) is 0.600. The minimum Gasteiger partial charge on any atom is -0.337 e. The van der Waals surface area contributed by atoms with Gasteiger partial charge >= 0.3 is 0 Å². The lowest BCUT2D eigenvalue weighted by molar-refractivity contribution is 0.0610. The van der Waals surface area contributed by atoms with Gasteiger partial charge in [0.2, 0.25) is 0 Å². The molecule has 110 valence electrons. The Morgan fingerprint density at radius 2 is 2.05 bits per heavy atom. The zero-order valence-electron chi connectivity index (χ0n) is 12.3. The first kappa shape index (κ1) is 15.3. The lowest BCUT2D eigenvalue weighted by Gasteiger charge is -2.38. The van der Waals surface area contributed by atoms with E-state index in [0.29, 0.717) is 22.9 Å². The fourth-order valence-corrected chi connectivity index (χ4v) is 2.83. The third-order valence-electron chi connectivity index (χ3n) is 4.03. The minimum atomic E-state index is -0.0458. The third kappa shape index (κ3) is 3.49. The van der Waals surface area contributed by atoms with E-state index in [4.69, 9.17) is 11.6 Å². The summed E-state index contributed by atoms with van der Waals surface area (Å²) in [5, 5.41) is 0.360. The molecule has 0 unspecified atom stereocenters. The normalized spacial score (nSPS) is 17.4. The van der Waals surface area contributed by atoms with Crippen LogP contribution in [0.4, 0.5) is 0 Å². The summed E-state index contributed by atoms with van der Waals surface area (Å²) in [5.74, 6) is -0.0458. The van der Waals surface area contributed by atoms with Crippen molar-refractivity contribution < 1.29 is 4.79 Å². The second-order valence-corrected chi connectivity index (χ2v) is 6.01. The fourth-order valence-electron chi connectivity index (χ4n) is 2.66. The van der Waals surface area contributed by atoms with Crippen LogP contribution in [0.3, 0.4) is 0 Å². The Kier molecular flexibility index (Phi) is 5.00. The summed E-state index contributed by atoms with van der Waals surface area (Å²) in [6.07, 6.45) is 2.03. The first-order valence-corrected chi connectivity index (χ1v) is 7.50. The smallest absolute Gasteiger partial charge is 0.272 e. The highest BCUT2D eigenvalue weighted by Gasteiger charge is 2.27. The maximum absolute atomic E-state index is 12.4. The zero-order valence-corrected chi connectivity index (χ0v) is 13.1. The molecule has 1 aliphatic rings. The van der Waals surface area contributed by atoms with Crippen LogP contribution in [0, 0.1) is 0 Å². The van der Waals surface area contributed by atoms with Crippen molar-refractivity contribution in [1.82, 2.24) is 14.8 Å². The number of hydrogen-bond donors (Lipinski definition) is 0. The van der Waals surface area contributed by atoms with Crippen LogP contribution in [-0.4, -0.2) is 52.9 Å². The topological polar surface area (TPSA) is 36.4 Å². The highest BCUT2D eigenvalue weighted by Crippen LogP contribution is 2.19. The molecule has 0 radical (unpaired) electrons. The standard InChI is InChI=1S/C15H22ClN3O/c1-11(2)19-9-7-12(8-10-19)18(3)15(20)13-5-4-6-14(16)17-13/h4-6,11-12H,7-10H2,1-3H3. The molecule has 0 saturated carbocycles.